The van der Waals surface area contributed by atoms with Crippen LogP contribution >= 0.6 is 23.9 Å². The molecule has 0 saturated heterocycles. The van der Waals surface area contributed by atoms with Crippen LogP contribution in [0, 0.1) is 13.8 Å². The summed E-state index contributed by atoms with van der Waals surface area (Å²) in [6.45, 7) is 4.27. The molecule has 0 radical (unpaired) electrons. The van der Waals surface area contributed by atoms with E-state index in [1.165, 1.54) is 37.8 Å². The first-order valence-electron chi connectivity index (χ1n) is 11.4. The maximum absolute atomic E-state index is 5.86. The molecule has 1 nitrogen and oxygen atoms in total. The SMILES string of the molecule is COc1c(C)cc(Br)c(-c2c(P(c3ccccc3)c3ccccc3)ccc3ccccc23)c1C. The Hall–Kier alpha value is -2.93. The first-order chi connectivity index (χ1) is 16.6. The highest BCUT2D eigenvalue weighted by Gasteiger charge is 2.25. The molecule has 0 fully saturated rings. The van der Waals surface area contributed by atoms with Gasteiger partial charge in [0.05, 0.1) is 7.11 Å². The third-order valence-corrected chi connectivity index (χ3v) is 9.40. The molecule has 0 unspecified atom stereocenters. The van der Waals surface area contributed by atoms with Gasteiger partial charge in [-0.05, 0) is 65.6 Å². The highest BCUT2D eigenvalue weighted by atomic mass is 79.9. The summed E-state index contributed by atoms with van der Waals surface area (Å²) in [5.41, 5.74) is 4.77. The molecule has 34 heavy (non-hydrogen) atoms. The van der Waals surface area contributed by atoms with Crippen LogP contribution in [0.1, 0.15) is 11.1 Å². The minimum absolute atomic E-state index is 0.772. The lowest BCUT2D eigenvalue weighted by Crippen LogP contribution is -2.22. The lowest BCUT2D eigenvalue weighted by atomic mass is 9.93. The third-order valence-electron chi connectivity index (χ3n) is 6.29. The van der Waals surface area contributed by atoms with E-state index in [1.54, 1.807) is 7.11 Å². The summed E-state index contributed by atoms with van der Waals surface area (Å²) in [7, 11) is 0.990. The molecule has 5 rings (SSSR count). The van der Waals surface area contributed by atoms with Crippen molar-refractivity contribution in [2.45, 2.75) is 13.8 Å². The Bertz CT molecular complexity index is 1420. The van der Waals surface area contributed by atoms with Crippen molar-refractivity contribution in [3.8, 4) is 16.9 Å². The van der Waals surface area contributed by atoms with Gasteiger partial charge in [-0.15, -0.1) is 0 Å². The lowest BCUT2D eigenvalue weighted by molar-refractivity contribution is 0.408. The van der Waals surface area contributed by atoms with Crippen LogP contribution in [-0.2, 0) is 0 Å². The van der Waals surface area contributed by atoms with E-state index in [1.807, 2.05) is 0 Å². The molecule has 0 aliphatic carbocycles. The zero-order chi connectivity index (χ0) is 23.7. The third kappa shape index (κ3) is 4.06. The maximum atomic E-state index is 5.86. The van der Waals surface area contributed by atoms with E-state index in [0.717, 1.165) is 21.3 Å². The minimum Gasteiger partial charge on any atom is -0.496 e. The van der Waals surface area contributed by atoms with Crippen molar-refractivity contribution >= 4 is 50.5 Å². The molecule has 0 N–H and O–H groups in total. The van der Waals surface area contributed by atoms with Crippen LogP contribution in [0.3, 0.4) is 0 Å². The summed E-state index contributed by atoms with van der Waals surface area (Å²) < 4.78 is 6.95. The largest absolute Gasteiger partial charge is 0.496 e. The van der Waals surface area contributed by atoms with E-state index in [-0.39, 0.29) is 0 Å². The number of methoxy groups -OCH3 is 1. The Morgan fingerprint density at radius 1 is 0.676 bits per heavy atom. The molecule has 0 amide bonds. The monoisotopic (exact) mass is 524 g/mol. The predicted molar refractivity (Wildman–Crippen MR) is 152 cm³/mol. The molecule has 0 saturated carbocycles. The van der Waals surface area contributed by atoms with Crippen molar-refractivity contribution in [2.24, 2.45) is 0 Å². The van der Waals surface area contributed by atoms with Gasteiger partial charge in [-0.2, -0.15) is 0 Å². The molecule has 168 valence electrons. The second-order valence-electron chi connectivity index (χ2n) is 8.40. The van der Waals surface area contributed by atoms with Gasteiger partial charge in [0.2, 0.25) is 0 Å². The van der Waals surface area contributed by atoms with Crippen LogP contribution < -0.4 is 20.7 Å². The second kappa shape index (κ2) is 9.74. The number of benzene rings is 5. The van der Waals surface area contributed by atoms with Gasteiger partial charge in [0, 0.05) is 15.6 Å². The summed E-state index contributed by atoms with van der Waals surface area (Å²) in [5.74, 6) is 0.945. The van der Waals surface area contributed by atoms with E-state index in [2.05, 4.69) is 133 Å². The molecule has 0 aromatic heterocycles. The molecule has 0 bridgehead atoms. The van der Waals surface area contributed by atoms with E-state index in [9.17, 15) is 0 Å². The summed E-state index contributed by atoms with van der Waals surface area (Å²) in [5, 5.41) is 6.53. The van der Waals surface area contributed by atoms with Gasteiger partial charge in [0.1, 0.15) is 5.75 Å². The quantitative estimate of drug-likeness (QED) is 0.214. The van der Waals surface area contributed by atoms with E-state index < -0.39 is 7.92 Å². The van der Waals surface area contributed by atoms with Crippen molar-refractivity contribution in [1.29, 1.82) is 0 Å². The topological polar surface area (TPSA) is 9.23 Å². The van der Waals surface area contributed by atoms with Crippen LogP contribution in [-0.4, -0.2) is 7.11 Å². The molecule has 0 spiro atoms. The summed E-state index contributed by atoms with van der Waals surface area (Å²) in [4.78, 5) is 0. The van der Waals surface area contributed by atoms with Gasteiger partial charge in [-0.3, -0.25) is 0 Å². The number of rotatable bonds is 5. The van der Waals surface area contributed by atoms with Crippen molar-refractivity contribution in [2.75, 3.05) is 7.11 Å². The van der Waals surface area contributed by atoms with E-state index in [4.69, 9.17) is 4.74 Å². The lowest BCUT2D eigenvalue weighted by Gasteiger charge is -2.26. The Kier molecular flexibility index (Phi) is 6.55. The summed E-state index contributed by atoms with van der Waals surface area (Å²) >= 11 is 3.93. The first kappa shape index (κ1) is 22.8. The zero-order valence-corrected chi connectivity index (χ0v) is 22.0. The second-order valence-corrected chi connectivity index (χ2v) is 11.4. The van der Waals surface area contributed by atoms with Crippen molar-refractivity contribution in [1.82, 2.24) is 0 Å². The van der Waals surface area contributed by atoms with Crippen LogP contribution in [0.4, 0.5) is 0 Å². The molecule has 5 aromatic rings. The zero-order valence-electron chi connectivity index (χ0n) is 19.5. The fourth-order valence-corrected chi connectivity index (χ4v) is 8.14. The fraction of sp³-hybridized carbons (Fsp3) is 0.0968. The van der Waals surface area contributed by atoms with Crippen LogP contribution in [0.15, 0.2) is 108 Å². The van der Waals surface area contributed by atoms with Crippen molar-refractivity contribution < 1.29 is 4.74 Å². The van der Waals surface area contributed by atoms with Gasteiger partial charge in [0.15, 0.2) is 0 Å². The van der Waals surface area contributed by atoms with Gasteiger partial charge in [-0.1, -0.05) is 113 Å². The fourth-order valence-electron chi connectivity index (χ4n) is 4.83. The van der Waals surface area contributed by atoms with Gasteiger partial charge < -0.3 is 4.74 Å². The molecule has 0 aliphatic heterocycles. The summed E-state index contributed by atoms with van der Waals surface area (Å²) in [6.07, 6.45) is 0. The standard InChI is InChI=1S/C31H26BrOP/c1-21-20-27(32)29(22(2)31(21)33-3)30-26-17-11-10-12-23(26)18-19-28(30)34(24-13-6-4-7-14-24)25-15-8-5-9-16-25/h4-20H,1-3H3. The molecule has 5 aromatic carbocycles. The smallest absolute Gasteiger partial charge is 0.125 e. The molecule has 0 heterocycles. The van der Waals surface area contributed by atoms with Crippen molar-refractivity contribution in [3.05, 3.63) is 119 Å². The van der Waals surface area contributed by atoms with E-state index >= 15 is 0 Å². The summed E-state index contributed by atoms with van der Waals surface area (Å²) in [6, 6.07) is 37.3. The Morgan fingerprint density at radius 2 is 1.26 bits per heavy atom. The van der Waals surface area contributed by atoms with E-state index in [0.29, 0.717) is 0 Å². The minimum atomic E-state index is -0.772. The highest BCUT2D eigenvalue weighted by molar-refractivity contribution is 9.10. The van der Waals surface area contributed by atoms with Gasteiger partial charge in [-0.25, -0.2) is 0 Å². The average Bonchev–Trinajstić information content (AvgIpc) is 2.86. The molecule has 3 heteroatoms. The number of fused-ring (bicyclic) bond motifs is 1. The molecular weight excluding hydrogens is 499 g/mol. The number of hydrogen-bond acceptors (Lipinski definition) is 1. The predicted octanol–water partition coefficient (Wildman–Crippen LogP) is 7.65. The molecule has 0 atom stereocenters. The maximum Gasteiger partial charge on any atom is 0.125 e. The number of ether oxygens (including phenoxy) is 1. The van der Waals surface area contributed by atoms with Gasteiger partial charge >= 0.3 is 0 Å². The van der Waals surface area contributed by atoms with Crippen molar-refractivity contribution in [3.63, 3.8) is 0 Å². The van der Waals surface area contributed by atoms with Crippen LogP contribution in [0.25, 0.3) is 21.9 Å². The Morgan fingerprint density at radius 3 is 1.88 bits per heavy atom. The van der Waals surface area contributed by atoms with Crippen LogP contribution in [0.5, 0.6) is 5.75 Å². The average molecular weight is 525 g/mol. The highest BCUT2D eigenvalue weighted by Crippen LogP contribution is 2.45. The van der Waals surface area contributed by atoms with Gasteiger partial charge in [0.25, 0.3) is 0 Å². The Labute approximate surface area is 211 Å². The number of aryl methyl sites for hydroxylation is 1. The number of hydrogen-bond donors (Lipinski definition) is 0. The number of halogens is 1. The normalized spacial score (nSPS) is 11.2. The Balaban J connectivity index is 1.91. The first-order valence-corrected chi connectivity index (χ1v) is 13.5. The molecular formula is C31H26BrOP. The van der Waals surface area contributed by atoms with Crippen LogP contribution in [0.2, 0.25) is 0 Å². The molecule has 0 aliphatic rings.